The van der Waals surface area contributed by atoms with E-state index in [4.69, 9.17) is 0 Å². The van der Waals surface area contributed by atoms with Gasteiger partial charge in [0.15, 0.2) is 0 Å². The summed E-state index contributed by atoms with van der Waals surface area (Å²) in [4.78, 5) is 0. The van der Waals surface area contributed by atoms with Crippen molar-refractivity contribution >= 4 is 0 Å². The van der Waals surface area contributed by atoms with E-state index in [1.54, 1.807) is 0 Å². The molecule has 13 heavy (non-hydrogen) atoms. The Labute approximate surface area is 81.2 Å². The maximum Gasteiger partial charge on any atom is 0.0207 e. The van der Waals surface area contributed by atoms with Crippen molar-refractivity contribution in [2.75, 3.05) is 6.54 Å². The van der Waals surface area contributed by atoms with Gasteiger partial charge in [-0.2, -0.15) is 0 Å². The van der Waals surface area contributed by atoms with E-state index in [0.717, 1.165) is 12.6 Å². The largest absolute Gasteiger partial charge is 0.310 e. The molecule has 0 aromatic rings. The first kappa shape index (κ1) is 10.3. The Morgan fingerprint density at radius 1 is 1.38 bits per heavy atom. The first-order valence-electron chi connectivity index (χ1n) is 4.92. The Hall–Kier alpha value is -0.820. The molecule has 0 atom stereocenters. The lowest BCUT2D eigenvalue weighted by atomic mass is 10.2. The van der Waals surface area contributed by atoms with Crippen molar-refractivity contribution in [2.45, 2.75) is 32.7 Å². The van der Waals surface area contributed by atoms with E-state index in [0.29, 0.717) is 0 Å². The molecule has 1 N–H and O–H groups in total. The smallest absolute Gasteiger partial charge is 0.0207 e. The molecule has 0 unspecified atom stereocenters. The average Bonchev–Trinajstić information content (AvgIpc) is 2.88. The molecule has 0 saturated heterocycles. The summed E-state index contributed by atoms with van der Waals surface area (Å²) in [6, 6.07) is 0.773. The van der Waals surface area contributed by atoms with E-state index >= 15 is 0 Å². The molecule has 0 aliphatic heterocycles. The second kappa shape index (κ2) is 5.03. The summed E-state index contributed by atoms with van der Waals surface area (Å²) < 4.78 is 0. The zero-order chi connectivity index (χ0) is 9.68. The topological polar surface area (TPSA) is 12.0 Å². The van der Waals surface area contributed by atoms with Crippen molar-refractivity contribution in [2.24, 2.45) is 0 Å². The number of hydrogen-bond donors (Lipinski definition) is 1. The van der Waals surface area contributed by atoms with Crippen LogP contribution in [0.25, 0.3) is 0 Å². The molecule has 1 heteroatoms. The molecule has 1 aliphatic carbocycles. The Balaban J connectivity index is 2.35. The molecule has 1 rings (SSSR count). The molecule has 1 aliphatic rings. The summed E-state index contributed by atoms with van der Waals surface area (Å²) in [6.07, 6.45) is 8.87. The van der Waals surface area contributed by atoms with Crippen LogP contribution in [0, 0.1) is 0 Å². The molecule has 72 valence electrons. The second-order valence-corrected chi connectivity index (χ2v) is 3.84. The van der Waals surface area contributed by atoms with Crippen molar-refractivity contribution in [3.05, 3.63) is 36.0 Å². The first-order chi connectivity index (χ1) is 6.22. The average molecular weight is 177 g/mol. The van der Waals surface area contributed by atoms with Crippen molar-refractivity contribution in [1.82, 2.24) is 5.32 Å². The van der Waals surface area contributed by atoms with Crippen LogP contribution in [-0.2, 0) is 0 Å². The highest BCUT2D eigenvalue weighted by Gasteiger charge is 2.19. The number of allylic oxidation sites excluding steroid dienone is 3. The van der Waals surface area contributed by atoms with Crippen LogP contribution >= 0.6 is 0 Å². The standard InChI is InChI=1S/C12H19N/c1-4-11(6-5-10(2)3)9-13-12-7-8-12/h4-6,12-13H,1,7-9H2,2-3H3/b11-6+. The number of rotatable bonds is 5. The maximum absolute atomic E-state index is 3.80. The third-order valence-corrected chi connectivity index (χ3v) is 2.07. The minimum Gasteiger partial charge on any atom is -0.310 e. The van der Waals surface area contributed by atoms with Gasteiger partial charge in [0, 0.05) is 12.6 Å². The third-order valence-electron chi connectivity index (χ3n) is 2.07. The highest BCUT2D eigenvalue weighted by molar-refractivity contribution is 5.25. The fourth-order valence-electron chi connectivity index (χ4n) is 1.02. The van der Waals surface area contributed by atoms with Gasteiger partial charge in [0.05, 0.1) is 0 Å². The monoisotopic (exact) mass is 177 g/mol. The van der Waals surface area contributed by atoms with Gasteiger partial charge in [0.1, 0.15) is 0 Å². The normalized spacial score (nSPS) is 16.9. The van der Waals surface area contributed by atoms with Crippen LogP contribution in [0.15, 0.2) is 36.0 Å². The van der Waals surface area contributed by atoms with Gasteiger partial charge in [-0.15, -0.1) is 0 Å². The zero-order valence-corrected chi connectivity index (χ0v) is 8.64. The van der Waals surface area contributed by atoms with Crippen LogP contribution in [0.3, 0.4) is 0 Å². The molecule has 1 fully saturated rings. The summed E-state index contributed by atoms with van der Waals surface area (Å²) in [6.45, 7) is 8.96. The lowest BCUT2D eigenvalue weighted by Gasteiger charge is -2.02. The molecule has 0 radical (unpaired) electrons. The molecular weight excluding hydrogens is 158 g/mol. The lowest BCUT2D eigenvalue weighted by molar-refractivity contribution is 0.741. The van der Waals surface area contributed by atoms with Gasteiger partial charge < -0.3 is 5.32 Å². The van der Waals surface area contributed by atoms with Crippen LogP contribution < -0.4 is 5.32 Å². The van der Waals surface area contributed by atoms with Gasteiger partial charge in [0.2, 0.25) is 0 Å². The molecule has 1 nitrogen and oxygen atoms in total. The van der Waals surface area contributed by atoms with E-state index in [9.17, 15) is 0 Å². The van der Waals surface area contributed by atoms with Crippen LogP contribution in [0.2, 0.25) is 0 Å². The summed E-state index contributed by atoms with van der Waals surface area (Å²) in [7, 11) is 0. The predicted octanol–water partition coefficient (Wildman–Crippen LogP) is 2.82. The van der Waals surface area contributed by atoms with Gasteiger partial charge in [-0.3, -0.25) is 0 Å². The van der Waals surface area contributed by atoms with E-state index in [1.807, 2.05) is 6.08 Å². The molecule has 0 bridgehead atoms. The maximum atomic E-state index is 3.80. The van der Waals surface area contributed by atoms with E-state index < -0.39 is 0 Å². The summed E-state index contributed by atoms with van der Waals surface area (Å²) in [5.74, 6) is 0. The second-order valence-electron chi connectivity index (χ2n) is 3.84. The molecule has 0 amide bonds. The number of hydrogen-bond acceptors (Lipinski definition) is 1. The highest BCUT2D eigenvalue weighted by Crippen LogP contribution is 2.18. The van der Waals surface area contributed by atoms with Crippen molar-refractivity contribution in [3.63, 3.8) is 0 Å². The fraction of sp³-hybridized carbons (Fsp3) is 0.500. The van der Waals surface area contributed by atoms with E-state index in [2.05, 4.69) is 37.9 Å². The lowest BCUT2D eigenvalue weighted by Crippen LogP contribution is -2.18. The molecule has 0 spiro atoms. The van der Waals surface area contributed by atoms with Crippen LogP contribution in [0.4, 0.5) is 0 Å². The van der Waals surface area contributed by atoms with Gasteiger partial charge in [0.25, 0.3) is 0 Å². The Morgan fingerprint density at radius 3 is 2.54 bits per heavy atom. The Bertz CT molecular complexity index is 228. The minimum atomic E-state index is 0.773. The summed E-state index contributed by atoms with van der Waals surface area (Å²) in [5.41, 5.74) is 2.60. The van der Waals surface area contributed by atoms with Crippen molar-refractivity contribution < 1.29 is 0 Å². The number of nitrogens with one attached hydrogen (secondary N) is 1. The molecule has 0 heterocycles. The molecule has 0 aromatic heterocycles. The van der Waals surface area contributed by atoms with Gasteiger partial charge in [-0.1, -0.05) is 30.4 Å². The zero-order valence-electron chi connectivity index (χ0n) is 8.64. The summed E-state index contributed by atoms with van der Waals surface area (Å²) >= 11 is 0. The molecular formula is C12H19N. The molecule has 0 aromatic carbocycles. The van der Waals surface area contributed by atoms with Crippen molar-refractivity contribution in [1.29, 1.82) is 0 Å². The van der Waals surface area contributed by atoms with Crippen LogP contribution in [-0.4, -0.2) is 12.6 Å². The third kappa shape index (κ3) is 4.69. The first-order valence-corrected chi connectivity index (χ1v) is 4.92. The Kier molecular flexibility index (Phi) is 3.97. The SMILES string of the molecule is C=C/C(=C\C=C(C)C)CNC1CC1. The van der Waals surface area contributed by atoms with Gasteiger partial charge >= 0.3 is 0 Å². The summed E-state index contributed by atoms with van der Waals surface area (Å²) in [5, 5.41) is 3.46. The van der Waals surface area contributed by atoms with E-state index in [1.165, 1.54) is 24.0 Å². The highest BCUT2D eigenvalue weighted by atomic mass is 14.9. The van der Waals surface area contributed by atoms with Crippen LogP contribution in [0.5, 0.6) is 0 Å². The Morgan fingerprint density at radius 2 is 2.08 bits per heavy atom. The fourth-order valence-corrected chi connectivity index (χ4v) is 1.02. The predicted molar refractivity (Wildman–Crippen MR) is 58.7 cm³/mol. The van der Waals surface area contributed by atoms with Crippen LogP contribution in [0.1, 0.15) is 26.7 Å². The van der Waals surface area contributed by atoms with Crippen molar-refractivity contribution in [3.8, 4) is 0 Å². The van der Waals surface area contributed by atoms with Gasteiger partial charge in [-0.25, -0.2) is 0 Å². The van der Waals surface area contributed by atoms with E-state index in [-0.39, 0.29) is 0 Å². The minimum absolute atomic E-state index is 0.773. The quantitative estimate of drug-likeness (QED) is 0.637. The van der Waals surface area contributed by atoms with Gasteiger partial charge in [-0.05, 0) is 32.3 Å². The molecule has 1 saturated carbocycles.